The van der Waals surface area contributed by atoms with Crippen LogP contribution in [0.15, 0.2) is 0 Å². The van der Waals surface area contributed by atoms with Gasteiger partial charge in [-0.15, -0.1) is 0 Å². The van der Waals surface area contributed by atoms with Gasteiger partial charge in [-0.1, -0.05) is 32.1 Å². The van der Waals surface area contributed by atoms with Crippen LogP contribution in [0.2, 0.25) is 0 Å². The molecule has 24 heavy (non-hydrogen) atoms. The number of nitrogens with one attached hydrogen (secondary N) is 2. The maximum Gasteiger partial charge on any atom is 0.407 e. The Balaban J connectivity index is 1.61. The summed E-state index contributed by atoms with van der Waals surface area (Å²) in [5, 5.41) is 6.84. The SMILES string of the molecule is CC(C)(C)OC(=O)NC1CCC(NCC2CCCCCCC2)CC1. The Kier molecular flexibility index (Phi) is 7.86. The van der Waals surface area contributed by atoms with E-state index in [1.165, 1.54) is 51.5 Å². The van der Waals surface area contributed by atoms with Gasteiger partial charge in [-0.25, -0.2) is 4.79 Å². The van der Waals surface area contributed by atoms with Crippen LogP contribution in [0.1, 0.15) is 91.4 Å². The first-order valence-electron chi connectivity index (χ1n) is 10.2. The summed E-state index contributed by atoms with van der Waals surface area (Å²) in [4.78, 5) is 11.9. The molecule has 1 amide bonds. The van der Waals surface area contributed by atoms with Gasteiger partial charge in [-0.3, -0.25) is 0 Å². The number of carbonyl (C=O) groups is 1. The van der Waals surface area contributed by atoms with Crippen molar-refractivity contribution in [3.05, 3.63) is 0 Å². The standard InChI is InChI=1S/C20H38N2O2/c1-20(2,3)24-19(23)22-18-13-11-17(12-14-18)21-15-16-9-7-5-4-6-8-10-16/h16-18,21H,4-15H2,1-3H3,(H,22,23). The van der Waals surface area contributed by atoms with Crippen LogP contribution in [0.3, 0.4) is 0 Å². The van der Waals surface area contributed by atoms with E-state index in [-0.39, 0.29) is 12.1 Å². The fourth-order valence-corrected chi connectivity index (χ4v) is 3.99. The average Bonchev–Trinajstić information content (AvgIpc) is 2.45. The molecule has 0 aliphatic heterocycles. The summed E-state index contributed by atoms with van der Waals surface area (Å²) >= 11 is 0. The van der Waals surface area contributed by atoms with Crippen molar-refractivity contribution in [1.82, 2.24) is 10.6 Å². The van der Waals surface area contributed by atoms with Crippen molar-refractivity contribution in [2.75, 3.05) is 6.54 Å². The van der Waals surface area contributed by atoms with E-state index in [1.807, 2.05) is 20.8 Å². The molecule has 0 spiro atoms. The van der Waals surface area contributed by atoms with Crippen LogP contribution in [0.5, 0.6) is 0 Å². The normalized spacial score (nSPS) is 27.1. The molecule has 2 aliphatic rings. The summed E-state index contributed by atoms with van der Waals surface area (Å²) in [6.45, 7) is 6.91. The van der Waals surface area contributed by atoms with Gasteiger partial charge in [0, 0.05) is 12.1 Å². The van der Waals surface area contributed by atoms with Crippen LogP contribution in [-0.2, 0) is 4.74 Å². The Bertz CT molecular complexity index is 362. The predicted molar refractivity (Wildman–Crippen MR) is 99.2 cm³/mol. The lowest BCUT2D eigenvalue weighted by Crippen LogP contribution is -2.44. The number of ether oxygens (including phenoxy) is 1. The average molecular weight is 339 g/mol. The van der Waals surface area contributed by atoms with Gasteiger partial charge >= 0.3 is 6.09 Å². The molecule has 0 aromatic rings. The van der Waals surface area contributed by atoms with Gasteiger partial charge < -0.3 is 15.4 Å². The topological polar surface area (TPSA) is 50.4 Å². The number of amides is 1. The number of hydrogen-bond acceptors (Lipinski definition) is 3. The van der Waals surface area contributed by atoms with Gasteiger partial charge in [0.2, 0.25) is 0 Å². The third-order valence-electron chi connectivity index (χ3n) is 5.37. The van der Waals surface area contributed by atoms with Crippen LogP contribution in [0, 0.1) is 5.92 Å². The third-order valence-corrected chi connectivity index (χ3v) is 5.37. The third kappa shape index (κ3) is 7.87. The summed E-state index contributed by atoms with van der Waals surface area (Å²) < 4.78 is 5.35. The van der Waals surface area contributed by atoms with Crippen LogP contribution in [-0.4, -0.2) is 30.3 Å². The van der Waals surface area contributed by atoms with Crippen LogP contribution in [0.25, 0.3) is 0 Å². The maximum absolute atomic E-state index is 11.9. The van der Waals surface area contributed by atoms with Crippen LogP contribution < -0.4 is 10.6 Å². The highest BCUT2D eigenvalue weighted by Gasteiger charge is 2.25. The molecule has 2 N–H and O–H groups in total. The monoisotopic (exact) mass is 338 g/mol. The maximum atomic E-state index is 11.9. The van der Waals surface area contributed by atoms with E-state index in [2.05, 4.69) is 10.6 Å². The summed E-state index contributed by atoms with van der Waals surface area (Å²) in [6, 6.07) is 0.909. The first-order valence-corrected chi connectivity index (χ1v) is 10.2. The quantitative estimate of drug-likeness (QED) is 0.776. The van der Waals surface area contributed by atoms with Gasteiger partial charge in [0.25, 0.3) is 0 Å². The molecule has 0 unspecified atom stereocenters. The smallest absolute Gasteiger partial charge is 0.407 e. The van der Waals surface area contributed by atoms with Gasteiger partial charge in [0.15, 0.2) is 0 Å². The Labute approximate surface area is 148 Å². The highest BCUT2D eigenvalue weighted by atomic mass is 16.6. The van der Waals surface area contributed by atoms with Gasteiger partial charge in [-0.05, 0) is 71.8 Å². The second-order valence-corrected chi connectivity index (χ2v) is 8.81. The molecule has 2 aliphatic carbocycles. The van der Waals surface area contributed by atoms with Crippen LogP contribution >= 0.6 is 0 Å². The molecule has 4 heteroatoms. The summed E-state index contributed by atoms with van der Waals surface area (Å²) in [5.74, 6) is 0.878. The van der Waals surface area contributed by atoms with E-state index in [4.69, 9.17) is 4.74 Å². The largest absolute Gasteiger partial charge is 0.444 e. The van der Waals surface area contributed by atoms with Crippen molar-refractivity contribution < 1.29 is 9.53 Å². The fraction of sp³-hybridized carbons (Fsp3) is 0.950. The predicted octanol–water partition coefficient (Wildman–Crippen LogP) is 4.77. The Morgan fingerprint density at radius 1 is 0.875 bits per heavy atom. The lowest BCUT2D eigenvalue weighted by atomic mass is 9.88. The zero-order valence-corrected chi connectivity index (χ0v) is 16.0. The number of alkyl carbamates (subject to hydrolysis) is 1. The van der Waals surface area contributed by atoms with Crippen molar-refractivity contribution in [1.29, 1.82) is 0 Å². The molecule has 2 rings (SSSR count). The van der Waals surface area contributed by atoms with E-state index in [0.717, 1.165) is 31.6 Å². The molecule has 2 fully saturated rings. The summed E-state index contributed by atoms with van der Waals surface area (Å²) in [7, 11) is 0. The lowest BCUT2D eigenvalue weighted by molar-refractivity contribution is 0.0489. The van der Waals surface area contributed by atoms with E-state index >= 15 is 0 Å². The number of carbonyl (C=O) groups excluding carboxylic acids is 1. The Morgan fingerprint density at radius 3 is 2.00 bits per heavy atom. The molecule has 0 heterocycles. The minimum atomic E-state index is -0.416. The van der Waals surface area contributed by atoms with Crippen molar-refractivity contribution in [2.45, 2.75) is 109 Å². The van der Waals surface area contributed by atoms with Crippen molar-refractivity contribution in [2.24, 2.45) is 5.92 Å². The second-order valence-electron chi connectivity index (χ2n) is 8.81. The van der Waals surface area contributed by atoms with Crippen molar-refractivity contribution in [3.8, 4) is 0 Å². The molecule has 0 bridgehead atoms. The van der Waals surface area contributed by atoms with Crippen molar-refractivity contribution in [3.63, 3.8) is 0 Å². The molecule has 0 atom stereocenters. The highest BCUT2D eigenvalue weighted by Crippen LogP contribution is 2.23. The van der Waals surface area contributed by atoms with Gasteiger partial charge in [-0.2, -0.15) is 0 Å². The molecule has 0 radical (unpaired) electrons. The Hall–Kier alpha value is -0.770. The van der Waals surface area contributed by atoms with Gasteiger partial charge in [0.1, 0.15) is 5.60 Å². The van der Waals surface area contributed by atoms with E-state index in [1.54, 1.807) is 0 Å². The second kappa shape index (κ2) is 9.65. The first-order chi connectivity index (χ1) is 11.4. The molecule has 2 saturated carbocycles. The zero-order chi connectivity index (χ0) is 17.4. The molecule has 140 valence electrons. The number of hydrogen-bond donors (Lipinski definition) is 2. The Morgan fingerprint density at radius 2 is 1.42 bits per heavy atom. The fourth-order valence-electron chi connectivity index (χ4n) is 3.99. The lowest BCUT2D eigenvalue weighted by Gasteiger charge is -2.31. The van der Waals surface area contributed by atoms with E-state index in [0.29, 0.717) is 6.04 Å². The molecule has 0 aromatic carbocycles. The molecule has 4 nitrogen and oxygen atoms in total. The molecule has 0 aromatic heterocycles. The molecular formula is C20H38N2O2. The highest BCUT2D eigenvalue weighted by molar-refractivity contribution is 5.68. The van der Waals surface area contributed by atoms with E-state index in [9.17, 15) is 4.79 Å². The van der Waals surface area contributed by atoms with Crippen LogP contribution in [0.4, 0.5) is 4.79 Å². The zero-order valence-electron chi connectivity index (χ0n) is 16.0. The van der Waals surface area contributed by atoms with Gasteiger partial charge in [0.05, 0.1) is 0 Å². The number of rotatable bonds is 4. The molecule has 0 saturated heterocycles. The first kappa shape index (κ1) is 19.6. The van der Waals surface area contributed by atoms with E-state index < -0.39 is 5.60 Å². The van der Waals surface area contributed by atoms with Crippen molar-refractivity contribution >= 4 is 6.09 Å². The summed E-state index contributed by atoms with van der Waals surface area (Å²) in [5.41, 5.74) is -0.416. The minimum Gasteiger partial charge on any atom is -0.444 e. The summed E-state index contributed by atoms with van der Waals surface area (Å²) in [6.07, 6.45) is 14.1. The minimum absolute atomic E-state index is 0.270. The molecular weight excluding hydrogens is 300 g/mol.